The van der Waals surface area contributed by atoms with Crippen molar-refractivity contribution in [1.82, 2.24) is 0 Å². The predicted molar refractivity (Wildman–Crippen MR) is 61.8 cm³/mol. The molecule has 1 aromatic rings. The van der Waals surface area contributed by atoms with Gasteiger partial charge in [-0.25, -0.2) is 0 Å². The van der Waals surface area contributed by atoms with Gasteiger partial charge in [0.1, 0.15) is 5.75 Å². The molecule has 86 valence electrons. The Labute approximate surface area is 94.6 Å². The molecule has 1 N–H and O–H groups in total. The van der Waals surface area contributed by atoms with Crippen molar-refractivity contribution in [2.75, 3.05) is 12.4 Å². The van der Waals surface area contributed by atoms with E-state index in [1.807, 2.05) is 19.9 Å². The summed E-state index contributed by atoms with van der Waals surface area (Å²) < 4.78 is 5.19. The summed E-state index contributed by atoms with van der Waals surface area (Å²) in [4.78, 5) is 22.2. The van der Waals surface area contributed by atoms with E-state index in [1.54, 1.807) is 6.07 Å². The number of aryl methyl sites for hydroxylation is 2. The number of ether oxygens (including phenoxy) is 1. The van der Waals surface area contributed by atoms with E-state index in [-0.39, 0.29) is 0 Å². The molecular weight excluding hydrogens is 206 g/mol. The minimum absolute atomic E-state index is 0.527. The summed E-state index contributed by atoms with van der Waals surface area (Å²) in [7, 11) is 1.53. The molecular formula is C12H15NO3. The van der Waals surface area contributed by atoms with Crippen LogP contribution in [0.2, 0.25) is 0 Å². The zero-order valence-electron chi connectivity index (χ0n) is 9.88. The van der Waals surface area contributed by atoms with Crippen LogP contribution in [0, 0.1) is 13.8 Å². The van der Waals surface area contributed by atoms with Gasteiger partial charge in [-0.1, -0.05) is 6.07 Å². The van der Waals surface area contributed by atoms with Crippen LogP contribution >= 0.6 is 0 Å². The SMILES string of the molecule is COc1c(C)cc(C)cc1NC(=O)C(C)=O. The van der Waals surface area contributed by atoms with E-state index in [1.165, 1.54) is 14.0 Å². The van der Waals surface area contributed by atoms with E-state index in [4.69, 9.17) is 4.74 Å². The molecule has 0 spiro atoms. The van der Waals surface area contributed by atoms with Gasteiger partial charge in [0, 0.05) is 6.92 Å². The zero-order chi connectivity index (χ0) is 12.3. The lowest BCUT2D eigenvalue weighted by Gasteiger charge is -2.12. The maximum Gasteiger partial charge on any atom is 0.291 e. The van der Waals surface area contributed by atoms with Crippen LogP contribution in [0.4, 0.5) is 5.69 Å². The molecule has 0 saturated heterocycles. The third kappa shape index (κ3) is 2.59. The molecule has 1 rings (SSSR count). The first-order valence-electron chi connectivity index (χ1n) is 4.93. The van der Waals surface area contributed by atoms with Crippen molar-refractivity contribution in [3.05, 3.63) is 23.3 Å². The van der Waals surface area contributed by atoms with Crippen molar-refractivity contribution in [1.29, 1.82) is 0 Å². The number of nitrogens with one attached hydrogen (secondary N) is 1. The van der Waals surface area contributed by atoms with E-state index in [9.17, 15) is 9.59 Å². The number of ketones is 1. The van der Waals surface area contributed by atoms with Crippen LogP contribution in [0.15, 0.2) is 12.1 Å². The van der Waals surface area contributed by atoms with Crippen molar-refractivity contribution >= 4 is 17.4 Å². The van der Waals surface area contributed by atoms with Crippen LogP contribution in [0.1, 0.15) is 18.1 Å². The summed E-state index contributed by atoms with van der Waals surface area (Å²) in [5, 5.41) is 2.53. The van der Waals surface area contributed by atoms with Gasteiger partial charge in [0.2, 0.25) is 5.78 Å². The first kappa shape index (κ1) is 12.2. The molecule has 0 bridgehead atoms. The molecule has 4 nitrogen and oxygen atoms in total. The topological polar surface area (TPSA) is 55.4 Å². The molecule has 0 heterocycles. The Morgan fingerprint density at radius 3 is 2.38 bits per heavy atom. The Bertz CT molecular complexity index is 438. The summed E-state index contributed by atoms with van der Waals surface area (Å²) in [6.07, 6.45) is 0. The largest absolute Gasteiger partial charge is 0.494 e. The van der Waals surface area contributed by atoms with Gasteiger partial charge < -0.3 is 10.1 Å². The summed E-state index contributed by atoms with van der Waals surface area (Å²) >= 11 is 0. The fraction of sp³-hybridized carbons (Fsp3) is 0.333. The van der Waals surface area contributed by atoms with E-state index < -0.39 is 11.7 Å². The van der Waals surface area contributed by atoms with Crippen LogP contribution in [0.5, 0.6) is 5.75 Å². The lowest BCUT2D eigenvalue weighted by Crippen LogP contribution is -2.20. The first-order chi connectivity index (χ1) is 7.45. The number of rotatable bonds is 3. The first-order valence-corrected chi connectivity index (χ1v) is 4.93. The van der Waals surface area contributed by atoms with E-state index >= 15 is 0 Å². The number of carbonyl (C=O) groups excluding carboxylic acids is 2. The predicted octanol–water partition coefficient (Wildman–Crippen LogP) is 1.84. The Hall–Kier alpha value is -1.84. The van der Waals surface area contributed by atoms with Crippen molar-refractivity contribution in [2.24, 2.45) is 0 Å². The summed E-state index contributed by atoms with van der Waals surface area (Å²) in [5.41, 5.74) is 2.44. The zero-order valence-corrected chi connectivity index (χ0v) is 9.88. The number of anilines is 1. The molecule has 1 aromatic carbocycles. The summed E-state index contributed by atoms with van der Waals surface area (Å²) in [6.45, 7) is 5.02. The third-order valence-electron chi connectivity index (χ3n) is 2.19. The average molecular weight is 221 g/mol. The molecule has 0 aromatic heterocycles. The van der Waals surface area contributed by atoms with Crippen LogP contribution in [0.25, 0.3) is 0 Å². The van der Waals surface area contributed by atoms with Gasteiger partial charge in [0.05, 0.1) is 12.8 Å². The molecule has 16 heavy (non-hydrogen) atoms. The van der Waals surface area contributed by atoms with E-state index in [0.717, 1.165) is 11.1 Å². The van der Waals surface area contributed by atoms with Gasteiger partial charge in [-0.3, -0.25) is 9.59 Å². The quantitative estimate of drug-likeness (QED) is 0.792. The molecule has 0 aliphatic heterocycles. The number of carbonyl (C=O) groups is 2. The average Bonchev–Trinajstić information content (AvgIpc) is 2.16. The molecule has 0 fully saturated rings. The molecule has 0 aliphatic rings. The summed E-state index contributed by atoms with van der Waals surface area (Å²) in [5.74, 6) is -0.579. The van der Waals surface area contributed by atoms with Gasteiger partial charge in [-0.15, -0.1) is 0 Å². The molecule has 0 radical (unpaired) electrons. The Kier molecular flexibility index (Phi) is 3.66. The Morgan fingerprint density at radius 2 is 1.88 bits per heavy atom. The molecule has 0 unspecified atom stereocenters. The van der Waals surface area contributed by atoms with Crippen LogP contribution < -0.4 is 10.1 Å². The van der Waals surface area contributed by atoms with Crippen molar-refractivity contribution in [3.63, 3.8) is 0 Å². The fourth-order valence-corrected chi connectivity index (χ4v) is 1.53. The van der Waals surface area contributed by atoms with Gasteiger partial charge in [-0.2, -0.15) is 0 Å². The second-order valence-corrected chi connectivity index (χ2v) is 3.67. The number of hydrogen-bond acceptors (Lipinski definition) is 3. The van der Waals surface area contributed by atoms with E-state index in [0.29, 0.717) is 11.4 Å². The number of methoxy groups -OCH3 is 1. The van der Waals surface area contributed by atoms with E-state index in [2.05, 4.69) is 5.32 Å². The number of Topliss-reactive ketones (excluding diaryl/α,β-unsaturated/α-hetero) is 1. The Balaban J connectivity index is 3.12. The van der Waals surface area contributed by atoms with Crippen LogP contribution in [-0.4, -0.2) is 18.8 Å². The van der Waals surface area contributed by atoms with Gasteiger partial charge in [-0.05, 0) is 31.0 Å². The van der Waals surface area contributed by atoms with Gasteiger partial charge in [0.15, 0.2) is 0 Å². The Morgan fingerprint density at radius 1 is 1.25 bits per heavy atom. The smallest absolute Gasteiger partial charge is 0.291 e. The van der Waals surface area contributed by atoms with Gasteiger partial charge in [0.25, 0.3) is 5.91 Å². The number of amides is 1. The summed E-state index contributed by atoms with van der Waals surface area (Å²) in [6, 6.07) is 3.72. The number of benzene rings is 1. The highest BCUT2D eigenvalue weighted by molar-refractivity contribution is 6.39. The van der Waals surface area contributed by atoms with Crippen molar-refractivity contribution in [3.8, 4) is 5.75 Å². The molecule has 4 heteroatoms. The highest BCUT2D eigenvalue weighted by atomic mass is 16.5. The minimum atomic E-state index is -0.636. The second kappa shape index (κ2) is 4.79. The van der Waals surface area contributed by atoms with Crippen molar-refractivity contribution < 1.29 is 14.3 Å². The normalized spacial score (nSPS) is 9.75. The highest BCUT2D eigenvalue weighted by Gasteiger charge is 2.13. The lowest BCUT2D eigenvalue weighted by molar-refractivity contribution is -0.133. The molecule has 0 aliphatic carbocycles. The second-order valence-electron chi connectivity index (χ2n) is 3.67. The number of hydrogen-bond donors (Lipinski definition) is 1. The van der Waals surface area contributed by atoms with Gasteiger partial charge >= 0.3 is 0 Å². The molecule has 1 amide bonds. The monoisotopic (exact) mass is 221 g/mol. The lowest BCUT2D eigenvalue weighted by atomic mass is 10.1. The highest BCUT2D eigenvalue weighted by Crippen LogP contribution is 2.29. The standard InChI is InChI=1S/C12H15NO3/c1-7-5-8(2)11(16-4)10(6-7)13-12(15)9(3)14/h5-6H,1-4H3,(H,13,15). The maximum absolute atomic E-state index is 11.3. The third-order valence-corrected chi connectivity index (χ3v) is 2.19. The fourth-order valence-electron chi connectivity index (χ4n) is 1.53. The maximum atomic E-state index is 11.3. The molecule has 0 atom stereocenters. The minimum Gasteiger partial charge on any atom is -0.494 e. The van der Waals surface area contributed by atoms with Crippen molar-refractivity contribution in [2.45, 2.75) is 20.8 Å². The van der Waals surface area contributed by atoms with Crippen LogP contribution in [0.3, 0.4) is 0 Å². The molecule has 0 saturated carbocycles. The van der Waals surface area contributed by atoms with Crippen LogP contribution in [-0.2, 0) is 9.59 Å².